The number of rotatable bonds is 1. The van der Waals surface area contributed by atoms with Gasteiger partial charge in [0.05, 0.1) is 18.5 Å². The third-order valence-electron chi connectivity index (χ3n) is 2.73. The Morgan fingerprint density at radius 3 is 2.86 bits per heavy atom. The maximum absolute atomic E-state index is 11.9. The van der Waals surface area contributed by atoms with Gasteiger partial charge in [0.2, 0.25) is 5.91 Å². The highest BCUT2D eigenvalue weighted by molar-refractivity contribution is 7.99. The van der Waals surface area contributed by atoms with Crippen LogP contribution in [0.1, 0.15) is 6.42 Å². The number of likely N-dealkylation sites (N-methyl/N-ethyl adjacent to an activating group) is 1. The topological polar surface area (TPSA) is 40.6 Å². The molecule has 2 aliphatic heterocycles. The summed E-state index contributed by atoms with van der Waals surface area (Å²) >= 11 is 1.77. The zero-order chi connectivity index (χ0) is 10.1. The SMILES string of the molecule is CN1CC(=O)CC1C(=O)N1CCSC1. The van der Waals surface area contributed by atoms with Crippen LogP contribution in [0.25, 0.3) is 0 Å². The molecule has 0 aromatic heterocycles. The highest BCUT2D eigenvalue weighted by Crippen LogP contribution is 2.19. The Kier molecular flexibility index (Phi) is 2.78. The van der Waals surface area contributed by atoms with Crippen LogP contribution in [0.15, 0.2) is 0 Å². The van der Waals surface area contributed by atoms with Gasteiger partial charge in [0, 0.05) is 18.7 Å². The van der Waals surface area contributed by atoms with E-state index in [1.165, 1.54) is 0 Å². The van der Waals surface area contributed by atoms with Crippen molar-refractivity contribution in [3.63, 3.8) is 0 Å². The van der Waals surface area contributed by atoms with Crippen LogP contribution in [0.5, 0.6) is 0 Å². The van der Waals surface area contributed by atoms with E-state index in [2.05, 4.69) is 0 Å². The zero-order valence-electron chi connectivity index (χ0n) is 8.23. The van der Waals surface area contributed by atoms with Crippen molar-refractivity contribution < 1.29 is 9.59 Å². The summed E-state index contributed by atoms with van der Waals surface area (Å²) in [5.41, 5.74) is 0. The molecule has 2 saturated heterocycles. The van der Waals surface area contributed by atoms with Crippen LogP contribution in [0.4, 0.5) is 0 Å². The molecule has 2 rings (SSSR count). The molecule has 1 amide bonds. The number of ketones is 1. The lowest BCUT2D eigenvalue weighted by molar-refractivity contribution is -0.134. The minimum atomic E-state index is -0.193. The summed E-state index contributed by atoms with van der Waals surface area (Å²) in [5, 5.41) is 0. The van der Waals surface area contributed by atoms with Gasteiger partial charge >= 0.3 is 0 Å². The normalized spacial score (nSPS) is 28.8. The van der Waals surface area contributed by atoms with Crippen LogP contribution in [0, 0.1) is 0 Å². The molecule has 2 aliphatic rings. The zero-order valence-corrected chi connectivity index (χ0v) is 9.05. The summed E-state index contributed by atoms with van der Waals surface area (Å²) in [6.07, 6.45) is 0.399. The van der Waals surface area contributed by atoms with Gasteiger partial charge in [-0.15, -0.1) is 11.8 Å². The van der Waals surface area contributed by atoms with E-state index in [-0.39, 0.29) is 17.7 Å². The largest absolute Gasteiger partial charge is 0.331 e. The predicted octanol–water partition coefficient (Wildman–Crippen LogP) is -0.208. The molecule has 0 spiro atoms. The number of thioether (sulfide) groups is 1. The monoisotopic (exact) mass is 214 g/mol. The van der Waals surface area contributed by atoms with Gasteiger partial charge in [0.25, 0.3) is 0 Å². The van der Waals surface area contributed by atoms with Crippen molar-refractivity contribution in [3.8, 4) is 0 Å². The molecular formula is C9H14N2O2S. The van der Waals surface area contributed by atoms with Crippen LogP contribution in [-0.2, 0) is 9.59 Å². The van der Waals surface area contributed by atoms with Gasteiger partial charge in [-0.05, 0) is 7.05 Å². The molecule has 14 heavy (non-hydrogen) atoms. The van der Waals surface area contributed by atoms with Crippen molar-refractivity contribution in [3.05, 3.63) is 0 Å². The average Bonchev–Trinajstić information content (AvgIpc) is 2.73. The van der Waals surface area contributed by atoms with Crippen molar-refractivity contribution in [2.75, 3.05) is 31.8 Å². The summed E-state index contributed by atoms with van der Waals surface area (Å²) in [6, 6.07) is -0.193. The number of likely N-dealkylation sites (tertiary alicyclic amines) is 1. The van der Waals surface area contributed by atoms with Gasteiger partial charge < -0.3 is 4.90 Å². The van der Waals surface area contributed by atoms with E-state index >= 15 is 0 Å². The second-order valence-corrected chi connectivity index (χ2v) is 4.89. The molecule has 2 heterocycles. The number of nitrogens with zero attached hydrogens (tertiary/aromatic N) is 2. The van der Waals surface area contributed by atoms with E-state index in [1.54, 1.807) is 11.8 Å². The van der Waals surface area contributed by atoms with Crippen molar-refractivity contribution >= 4 is 23.5 Å². The first-order valence-corrected chi connectivity index (χ1v) is 5.92. The Hall–Kier alpha value is -0.550. The second kappa shape index (κ2) is 3.90. The Bertz CT molecular complexity index is 264. The summed E-state index contributed by atoms with van der Waals surface area (Å²) < 4.78 is 0. The molecule has 0 radical (unpaired) electrons. The minimum Gasteiger partial charge on any atom is -0.331 e. The first-order valence-electron chi connectivity index (χ1n) is 4.77. The Labute approximate surface area is 87.6 Å². The molecule has 2 fully saturated rings. The molecule has 0 bridgehead atoms. The van der Waals surface area contributed by atoms with E-state index in [0.717, 1.165) is 18.2 Å². The van der Waals surface area contributed by atoms with E-state index in [4.69, 9.17) is 0 Å². The minimum absolute atomic E-state index is 0.128. The number of hydrogen-bond donors (Lipinski definition) is 0. The fourth-order valence-electron chi connectivity index (χ4n) is 1.90. The first kappa shape index (κ1) is 9.98. The smallest absolute Gasteiger partial charge is 0.241 e. The fraction of sp³-hybridized carbons (Fsp3) is 0.778. The second-order valence-electron chi connectivity index (χ2n) is 3.81. The maximum Gasteiger partial charge on any atom is 0.241 e. The van der Waals surface area contributed by atoms with Crippen LogP contribution in [-0.4, -0.2) is 59.3 Å². The molecular weight excluding hydrogens is 200 g/mol. The lowest BCUT2D eigenvalue weighted by Gasteiger charge is -2.23. The van der Waals surface area contributed by atoms with E-state index in [0.29, 0.717) is 13.0 Å². The van der Waals surface area contributed by atoms with Crippen molar-refractivity contribution in [2.24, 2.45) is 0 Å². The van der Waals surface area contributed by atoms with Gasteiger partial charge in [-0.3, -0.25) is 14.5 Å². The van der Waals surface area contributed by atoms with Gasteiger partial charge in [-0.2, -0.15) is 0 Å². The Morgan fingerprint density at radius 1 is 1.57 bits per heavy atom. The predicted molar refractivity (Wildman–Crippen MR) is 55.1 cm³/mol. The van der Waals surface area contributed by atoms with Crippen LogP contribution < -0.4 is 0 Å². The Morgan fingerprint density at radius 2 is 2.36 bits per heavy atom. The standard InChI is InChI=1S/C9H14N2O2S/c1-10-5-7(12)4-8(10)9(13)11-2-3-14-6-11/h8H,2-6H2,1H3. The summed E-state index contributed by atoms with van der Waals surface area (Å²) in [7, 11) is 1.84. The van der Waals surface area contributed by atoms with Gasteiger partial charge in [0.15, 0.2) is 0 Å². The molecule has 0 saturated carbocycles. The van der Waals surface area contributed by atoms with Crippen LogP contribution >= 0.6 is 11.8 Å². The van der Waals surface area contributed by atoms with Gasteiger partial charge in [-0.25, -0.2) is 0 Å². The summed E-state index contributed by atoms with van der Waals surface area (Å²) in [5.74, 6) is 2.12. The number of amides is 1. The highest BCUT2D eigenvalue weighted by atomic mass is 32.2. The average molecular weight is 214 g/mol. The highest BCUT2D eigenvalue weighted by Gasteiger charge is 2.36. The van der Waals surface area contributed by atoms with Crippen LogP contribution in [0.3, 0.4) is 0 Å². The molecule has 0 N–H and O–H groups in total. The third kappa shape index (κ3) is 1.79. The lowest BCUT2D eigenvalue weighted by Crippen LogP contribution is -2.42. The number of carbonyl (C=O) groups excluding carboxylic acids is 2. The van der Waals surface area contributed by atoms with Crippen LogP contribution in [0.2, 0.25) is 0 Å². The summed E-state index contributed by atoms with van der Waals surface area (Å²) in [6.45, 7) is 1.26. The molecule has 0 aliphatic carbocycles. The molecule has 5 heteroatoms. The number of carbonyl (C=O) groups is 2. The van der Waals surface area contributed by atoms with E-state index in [9.17, 15) is 9.59 Å². The van der Waals surface area contributed by atoms with Crippen molar-refractivity contribution in [1.82, 2.24) is 9.80 Å². The fourth-order valence-corrected chi connectivity index (χ4v) is 2.85. The molecule has 1 unspecified atom stereocenters. The van der Waals surface area contributed by atoms with Crippen molar-refractivity contribution in [2.45, 2.75) is 12.5 Å². The van der Waals surface area contributed by atoms with E-state index < -0.39 is 0 Å². The molecule has 0 aromatic rings. The quantitative estimate of drug-likeness (QED) is 0.606. The number of Topliss-reactive ketones (excluding diaryl/α,β-unsaturated/α-hetero) is 1. The van der Waals surface area contributed by atoms with Gasteiger partial charge in [0.1, 0.15) is 5.78 Å². The van der Waals surface area contributed by atoms with Gasteiger partial charge in [-0.1, -0.05) is 0 Å². The molecule has 4 nitrogen and oxygen atoms in total. The van der Waals surface area contributed by atoms with E-state index in [1.807, 2.05) is 16.8 Å². The first-order chi connectivity index (χ1) is 6.68. The Balaban J connectivity index is 2.00. The maximum atomic E-state index is 11.9. The van der Waals surface area contributed by atoms with Crippen molar-refractivity contribution in [1.29, 1.82) is 0 Å². The molecule has 0 aromatic carbocycles. The number of hydrogen-bond acceptors (Lipinski definition) is 4. The molecule has 78 valence electrons. The lowest BCUT2D eigenvalue weighted by atomic mass is 10.2. The molecule has 1 atom stereocenters. The third-order valence-corrected chi connectivity index (χ3v) is 3.69. The summed E-state index contributed by atoms with van der Waals surface area (Å²) in [4.78, 5) is 26.8.